The van der Waals surface area contributed by atoms with Crippen LogP contribution in [0.2, 0.25) is 0 Å². The first-order valence-corrected chi connectivity index (χ1v) is 4.74. The monoisotopic (exact) mass is 241 g/mol. The Labute approximate surface area is 96.3 Å². The van der Waals surface area contributed by atoms with Gasteiger partial charge in [-0.25, -0.2) is 15.2 Å². The standard InChI is InChI=1S/C9H12FN5O2/c10-7-5(1-3-13-8(7)15-12)9(17)14-4-2-6(11)16/h1,3H,2,4,12H2,(H2,11,16)(H,13,15)(H,14,17). The van der Waals surface area contributed by atoms with E-state index in [1.54, 1.807) is 0 Å². The highest BCUT2D eigenvalue weighted by molar-refractivity contribution is 5.95. The Kier molecular flexibility index (Phi) is 4.35. The number of nitrogens with one attached hydrogen (secondary N) is 2. The van der Waals surface area contributed by atoms with Crippen LogP contribution in [0.15, 0.2) is 12.3 Å². The summed E-state index contributed by atoms with van der Waals surface area (Å²) in [6.45, 7) is 0.0430. The third-order valence-electron chi connectivity index (χ3n) is 1.93. The molecule has 7 nitrogen and oxygen atoms in total. The van der Waals surface area contributed by atoms with Gasteiger partial charge in [0.15, 0.2) is 11.6 Å². The van der Waals surface area contributed by atoms with Crippen molar-refractivity contribution in [3.63, 3.8) is 0 Å². The van der Waals surface area contributed by atoms with Crippen LogP contribution >= 0.6 is 0 Å². The van der Waals surface area contributed by atoms with Crippen LogP contribution in [0, 0.1) is 5.82 Å². The number of anilines is 1. The van der Waals surface area contributed by atoms with Gasteiger partial charge in [-0.15, -0.1) is 0 Å². The van der Waals surface area contributed by atoms with E-state index in [-0.39, 0.29) is 24.3 Å². The second kappa shape index (κ2) is 5.75. The van der Waals surface area contributed by atoms with Crippen molar-refractivity contribution < 1.29 is 14.0 Å². The zero-order valence-electron chi connectivity index (χ0n) is 8.87. The maximum atomic E-state index is 13.6. The molecular weight excluding hydrogens is 229 g/mol. The Morgan fingerprint density at radius 3 is 2.76 bits per heavy atom. The van der Waals surface area contributed by atoms with E-state index in [9.17, 15) is 14.0 Å². The Balaban J connectivity index is 2.72. The summed E-state index contributed by atoms with van der Waals surface area (Å²) >= 11 is 0. The van der Waals surface area contributed by atoms with Gasteiger partial charge in [0.05, 0.1) is 5.56 Å². The van der Waals surface area contributed by atoms with E-state index in [0.29, 0.717) is 0 Å². The summed E-state index contributed by atoms with van der Waals surface area (Å²) in [5, 5.41) is 2.35. The molecule has 0 fully saturated rings. The van der Waals surface area contributed by atoms with Gasteiger partial charge < -0.3 is 16.5 Å². The number of nitrogens with zero attached hydrogens (tertiary/aromatic N) is 1. The molecule has 0 saturated heterocycles. The zero-order valence-corrected chi connectivity index (χ0v) is 8.87. The molecule has 6 N–H and O–H groups in total. The highest BCUT2D eigenvalue weighted by Crippen LogP contribution is 2.13. The lowest BCUT2D eigenvalue weighted by atomic mass is 10.2. The minimum absolute atomic E-state index is 0.0135. The van der Waals surface area contributed by atoms with Gasteiger partial charge in [-0.1, -0.05) is 0 Å². The fraction of sp³-hybridized carbons (Fsp3) is 0.222. The number of carbonyl (C=O) groups is 2. The number of amides is 2. The number of hydrazine groups is 1. The van der Waals surface area contributed by atoms with E-state index in [4.69, 9.17) is 11.6 Å². The molecule has 1 heterocycles. The molecule has 0 atom stereocenters. The van der Waals surface area contributed by atoms with Crippen LogP contribution in [0.5, 0.6) is 0 Å². The summed E-state index contributed by atoms with van der Waals surface area (Å²) in [6.07, 6.45) is 1.22. The van der Waals surface area contributed by atoms with E-state index >= 15 is 0 Å². The van der Waals surface area contributed by atoms with Crippen molar-refractivity contribution in [3.05, 3.63) is 23.6 Å². The average Bonchev–Trinajstić information content (AvgIpc) is 2.28. The molecule has 0 radical (unpaired) electrons. The molecule has 92 valence electrons. The van der Waals surface area contributed by atoms with Gasteiger partial charge in [0.1, 0.15) is 0 Å². The highest BCUT2D eigenvalue weighted by Gasteiger charge is 2.15. The summed E-state index contributed by atoms with van der Waals surface area (Å²) < 4.78 is 13.6. The third-order valence-corrected chi connectivity index (χ3v) is 1.93. The zero-order chi connectivity index (χ0) is 12.8. The number of pyridine rings is 1. The van der Waals surface area contributed by atoms with Crippen molar-refractivity contribution in [1.29, 1.82) is 0 Å². The number of hydrogen-bond donors (Lipinski definition) is 4. The molecule has 0 bridgehead atoms. The number of hydrogen-bond acceptors (Lipinski definition) is 5. The first-order chi connectivity index (χ1) is 8.06. The smallest absolute Gasteiger partial charge is 0.254 e. The summed E-state index contributed by atoms with van der Waals surface area (Å²) in [4.78, 5) is 25.5. The maximum absolute atomic E-state index is 13.6. The molecule has 17 heavy (non-hydrogen) atoms. The van der Waals surface area contributed by atoms with Gasteiger partial charge in [0.25, 0.3) is 5.91 Å². The molecule has 0 aliphatic heterocycles. The average molecular weight is 241 g/mol. The second-order valence-electron chi connectivity index (χ2n) is 3.14. The minimum Gasteiger partial charge on any atom is -0.370 e. The van der Waals surface area contributed by atoms with Crippen LogP contribution in [0.1, 0.15) is 16.8 Å². The lowest BCUT2D eigenvalue weighted by Crippen LogP contribution is -2.29. The van der Waals surface area contributed by atoms with Crippen LogP contribution < -0.4 is 22.3 Å². The minimum atomic E-state index is -0.855. The maximum Gasteiger partial charge on any atom is 0.254 e. The Morgan fingerprint density at radius 1 is 1.47 bits per heavy atom. The highest BCUT2D eigenvalue weighted by atomic mass is 19.1. The Morgan fingerprint density at radius 2 is 2.18 bits per heavy atom. The number of halogens is 1. The Bertz CT molecular complexity index is 437. The van der Waals surface area contributed by atoms with E-state index in [1.807, 2.05) is 5.43 Å². The molecule has 1 aromatic heterocycles. The topological polar surface area (TPSA) is 123 Å². The van der Waals surface area contributed by atoms with E-state index in [1.165, 1.54) is 12.3 Å². The fourth-order valence-electron chi connectivity index (χ4n) is 1.11. The number of nitrogen functional groups attached to an aromatic ring is 1. The molecule has 0 spiro atoms. The summed E-state index contributed by atoms with van der Waals surface area (Å²) in [6, 6.07) is 1.20. The number of carbonyl (C=O) groups excluding carboxylic acids is 2. The van der Waals surface area contributed by atoms with E-state index < -0.39 is 17.6 Å². The largest absolute Gasteiger partial charge is 0.370 e. The predicted octanol–water partition coefficient (Wildman–Crippen LogP) is -0.889. The van der Waals surface area contributed by atoms with Gasteiger partial charge >= 0.3 is 0 Å². The molecule has 8 heteroatoms. The SMILES string of the molecule is NNc1nccc(C(=O)NCCC(N)=O)c1F. The van der Waals surface area contributed by atoms with Crippen molar-refractivity contribution in [2.45, 2.75) is 6.42 Å². The normalized spacial score (nSPS) is 9.76. The first kappa shape index (κ1) is 12.8. The first-order valence-electron chi connectivity index (χ1n) is 4.74. The molecular formula is C9H12FN5O2. The van der Waals surface area contributed by atoms with Gasteiger partial charge in [-0.3, -0.25) is 9.59 Å². The van der Waals surface area contributed by atoms with Crippen LogP contribution in [0.3, 0.4) is 0 Å². The van der Waals surface area contributed by atoms with Gasteiger partial charge in [-0.2, -0.15) is 0 Å². The number of nitrogens with two attached hydrogens (primary N) is 2. The third kappa shape index (κ3) is 3.38. The van der Waals surface area contributed by atoms with Crippen LogP contribution in [0.25, 0.3) is 0 Å². The van der Waals surface area contributed by atoms with Crippen LogP contribution in [-0.4, -0.2) is 23.3 Å². The number of aromatic nitrogens is 1. The molecule has 2 amide bonds. The molecule has 0 aliphatic rings. The van der Waals surface area contributed by atoms with Crippen molar-refractivity contribution in [1.82, 2.24) is 10.3 Å². The van der Waals surface area contributed by atoms with Crippen LogP contribution in [0.4, 0.5) is 10.2 Å². The molecule has 0 unspecified atom stereocenters. The second-order valence-corrected chi connectivity index (χ2v) is 3.14. The number of rotatable bonds is 5. The predicted molar refractivity (Wildman–Crippen MR) is 58.1 cm³/mol. The lowest BCUT2D eigenvalue weighted by Gasteiger charge is -2.07. The summed E-state index contributed by atoms with van der Waals surface area (Å²) in [7, 11) is 0. The quantitative estimate of drug-likeness (QED) is 0.393. The van der Waals surface area contributed by atoms with E-state index in [2.05, 4.69) is 10.3 Å². The molecule has 1 rings (SSSR count). The van der Waals surface area contributed by atoms with Crippen molar-refractivity contribution in [2.75, 3.05) is 12.0 Å². The van der Waals surface area contributed by atoms with Crippen molar-refractivity contribution in [3.8, 4) is 0 Å². The Hall–Kier alpha value is -2.22. The molecule has 1 aromatic rings. The van der Waals surface area contributed by atoms with Crippen molar-refractivity contribution in [2.24, 2.45) is 11.6 Å². The molecule has 0 aliphatic carbocycles. The van der Waals surface area contributed by atoms with Gasteiger partial charge in [0, 0.05) is 19.2 Å². The van der Waals surface area contributed by atoms with E-state index in [0.717, 1.165) is 0 Å². The van der Waals surface area contributed by atoms with Gasteiger partial charge in [0.2, 0.25) is 5.91 Å². The molecule has 0 saturated carbocycles. The van der Waals surface area contributed by atoms with Crippen molar-refractivity contribution >= 4 is 17.6 Å². The fourth-order valence-corrected chi connectivity index (χ4v) is 1.11. The lowest BCUT2D eigenvalue weighted by molar-refractivity contribution is -0.117. The summed E-state index contributed by atoms with van der Waals surface area (Å²) in [5.74, 6) is 2.71. The van der Waals surface area contributed by atoms with Crippen LogP contribution in [-0.2, 0) is 4.79 Å². The number of primary amides is 1. The summed E-state index contributed by atoms with van der Waals surface area (Å²) in [5.41, 5.74) is 6.71. The molecule has 0 aromatic carbocycles. The van der Waals surface area contributed by atoms with Gasteiger partial charge in [-0.05, 0) is 6.07 Å².